The molecule has 3 fully saturated rings. The summed E-state index contributed by atoms with van der Waals surface area (Å²) in [5.41, 5.74) is -3.97. The molecule has 0 radical (unpaired) electrons. The third-order valence-corrected chi connectivity index (χ3v) is 16.5. The van der Waals surface area contributed by atoms with Crippen molar-refractivity contribution in [3.05, 3.63) is 191 Å². The van der Waals surface area contributed by atoms with E-state index in [9.17, 15) is 24.3 Å². The van der Waals surface area contributed by atoms with Crippen LogP contribution in [0.3, 0.4) is 0 Å². The van der Waals surface area contributed by atoms with Crippen LogP contribution in [0.15, 0.2) is 163 Å². The van der Waals surface area contributed by atoms with Crippen molar-refractivity contribution in [3.8, 4) is 0 Å². The van der Waals surface area contributed by atoms with Crippen molar-refractivity contribution in [2.24, 2.45) is 22.7 Å². The van der Waals surface area contributed by atoms with Gasteiger partial charge in [-0.05, 0) is 59.4 Å². The zero-order chi connectivity index (χ0) is 56.8. The molecule has 9 rings (SSSR count). The molecule has 5 aromatic rings. The van der Waals surface area contributed by atoms with Crippen molar-refractivity contribution >= 4 is 35.9 Å². The zero-order valence-electron chi connectivity index (χ0n) is 45.6. The van der Waals surface area contributed by atoms with Crippen LogP contribution in [-0.2, 0) is 76.8 Å². The molecule has 11 atom stereocenters. The highest BCUT2D eigenvalue weighted by Gasteiger charge is 2.78. The number of rotatable bonds is 18. The molecule has 3 aliphatic carbocycles. The topological polar surface area (TPSA) is 218 Å². The molecule has 2 N–H and O–H groups in total. The molecule has 2 unspecified atom stereocenters. The van der Waals surface area contributed by atoms with Crippen LogP contribution in [0.4, 0.5) is 9.59 Å². The van der Waals surface area contributed by atoms with Gasteiger partial charge in [-0.3, -0.25) is 9.59 Å². The minimum atomic E-state index is -2.31. The number of fused-ring (bicyclic) bond motifs is 5. The summed E-state index contributed by atoms with van der Waals surface area (Å²) in [6.45, 7) is 8.70. The fourth-order valence-corrected chi connectivity index (χ4v) is 12.5. The second-order valence-corrected chi connectivity index (χ2v) is 21.7. The number of amides is 1. The minimum absolute atomic E-state index is 0.0860. The standard InChI is InChI=1S/C63H67NO16/c1-39-47(77-57(68)52(76-38-72-34-42-22-12-7-13-23-42)51(45-28-18-10-19-29-45)64-58(69)73-35-43-24-14-8-15-25-43)33-63(71)55(79-56(67)46-30-20-11-21-31-46)53-61(6,54(66)40(2)50(39)60(63,4)5)48(32-49-62(53,37-75-49)80-41(3)65)78-59(70)74-36-44-26-16-9-17-27-44/h7-31,40,47-49,51-53,55,71H,32-38H2,1-6H3,(H,64,69)/t40-,47+,48+,49-,51+,52-,53?,55+,61-,62+,63?/m1/s1. The SMILES string of the molecule is CC(=O)O[C@@]12CO[C@@H]1C[C@H](OC(=O)OCc1ccccc1)[C@@]1(C)C(=O)[C@H](C)C3=C(C)[C@@H](OC(=O)[C@H](OCOCc4ccccc4)[C@@H](NC(=O)OCc4ccccc4)c4ccccc4)CC(O)([C@@H](OC(=O)c4ccccc4)C12)C3(C)C. The first kappa shape index (κ1) is 57.0. The second-order valence-electron chi connectivity index (χ2n) is 21.7. The van der Waals surface area contributed by atoms with Crippen LogP contribution in [0, 0.1) is 22.7 Å². The van der Waals surface area contributed by atoms with Gasteiger partial charge in [-0.2, -0.15) is 0 Å². The van der Waals surface area contributed by atoms with Gasteiger partial charge in [0.05, 0.1) is 36.2 Å². The molecule has 2 bridgehead atoms. The first-order chi connectivity index (χ1) is 38.4. The van der Waals surface area contributed by atoms with Crippen molar-refractivity contribution < 1.29 is 76.5 Å². The first-order valence-electron chi connectivity index (χ1n) is 26.8. The van der Waals surface area contributed by atoms with Crippen LogP contribution in [0.25, 0.3) is 0 Å². The second kappa shape index (κ2) is 23.9. The van der Waals surface area contributed by atoms with Crippen LogP contribution >= 0.6 is 0 Å². The monoisotopic (exact) mass is 1090 g/mol. The maximum atomic E-state index is 16.2. The largest absolute Gasteiger partial charge is 0.508 e. The fourth-order valence-electron chi connectivity index (χ4n) is 12.5. The van der Waals surface area contributed by atoms with Gasteiger partial charge < -0.3 is 53.1 Å². The van der Waals surface area contributed by atoms with E-state index in [1.54, 1.807) is 120 Å². The number of benzene rings is 5. The van der Waals surface area contributed by atoms with E-state index in [0.29, 0.717) is 22.3 Å². The van der Waals surface area contributed by atoms with Crippen LogP contribution in [0.2, 0.25) is 0 Å². The molecule has 0 spiro atoms. The molecule has 1 aliphatic heterocycles. The summed E-state index contributed by atoms with van der Waals surface area (Å²) < 4.78 is 55.5. The summed E-state index contributed by atoms with van der Waals surface area (Å²) >= 11 is 0. The molecule has 0 aromatic heterocycles. The lowest BCUT2D eigenvalue weighted by molar-refractivity contribution is -0.345. The van der Waals surface area contributed by atoms with Gasteiger partial charge in [-0.1, -0.05) is 160 Å². The summed E-state index contributed by atoms with van der Waals surface area (Å²) in [5, 5.41) is 17.1. The Bertz CT molecular complexity index is 3050. The fraction of sp³-hybridized carbons (Fsp3) is 0.397. The van der Waals surface area contributed by atoms with Crippen molar-refractivity contribution in [2.45, 2.75) is 122 Å². The predicted molar refractivity (Wildman–Crippen MR) is 288 cm³/mol. The number of nitrogens with one attached hydrogen (secondary N) is 1. The summed E-state index contributed by atoms with van der Waals surface area (Å²) in [6.07, 6.45) is -9.80. The van der Waals surface area contributed by atoms with E-state index in [0.717, 1.165) is 11.1 Å². The molecule has 1 amide bonds. The number of esters is 3. The third kappa shape index (κ3) is 11.4. The van der Waals surface area contributed by atoms with Gasteiger partial charge in [0, 0.05) is 31.1 Å². The molecule has 1 saturated heterocycles. The number of hydrogen-bond donors (Lipinski definition) is 2. The van der Waals surface area contributed by atoms with Gasteiger partial charge in [0.25, 0.3) is 0 Å². The molecule has 4 aliphatic rings. The van der Waals surface area contributed by atoms with E-state index >= 15 is 9.59 Å². The van der Waals surface area contributed by atoms with Gasteiger partial charge in [0.1, 0.15) is 55.8 Å². The smallest absolute Gasteiger partial charge is 0.456 e. The van der Waals surface area contributed by atoms with Crippen molar-refractivity contribution in [1.82, 2.24) is 5.32 Å². The summed E-state index contributed by atoms with van der Waals surface area (Å²) in [6, 6.07) is 42.7. The number of Topliss-reactive ketones (excluding diaryl/α,β-unsaturated/α-hetero) is 1. The van der Waals surface area contributed by atoms with Crippen molar-refractivity contribution in [3.63, 3.8) is 0 Å². The Balaban J connectivity index is 1.13. The zero-order valence-corrected chi connectivity index (χ0v) is 45.6. The molecular formula is C63H67NO16. The van der Waals surface area contributed by atoms with Crippen molar-refractivity contribution in [2.75, 3.05) is 13.4 Å². The molecule has 17 nitrogen and oxygen atoms in total. The highest BCUT2D eigenvalue weighted by atomic mass is 16.7. The van der Waals surface area contributed by atoms with Gasteiger partial charge >= 0.3 is 30.2 Å². The molecule has 80 heavy (non-hydrogen) atoms. The Labute approximate surface area is 464 Å². The quantitative estimate of drug-likeness (QED) is 0.0274. The van der Waals surface area contributed by atoms with Crippen LogP contribution in [0.1, 0.15) is 93.0 Å². The lowest BCUT2D eigenvalue weighted by Gasteiger charge is -2.67. The highest BCUT2D eigenvalue weighted by molar-refractivity contribution is 5.93. The molecule has 2 saturated carbocycles. The Morgan fingerprint density at radius 2 is 1.27 bits per heavy atom. The first-order valence-corrected chi connectivity index (χ1v) is 26.8. The van der Waals surface area contributed by atoms with E-state index < -0.39 is 120 Å². The van der Waals surface area contributed by atoms with E-state index in [-0.39, 0.29) is 38.4 Å². The van der Waals surface area contributed by atoms with Crippen molar-refractivity contribution in [1.29, 1.82) is 0 Å². The predicted octanol–water partition coefficient (Wildman–Crippen LogP) is 9.50. The normalized spacial score (nSPS) is 27.2. The van der Waals surface area contributed by atoms with Gasteiger partial charge in [0.15, 0.2) is 11.7 Å². The number of ketones is 1. The van der Waals surface area contributed by atoms with E-state index in [2.05, 4.69) is 5.32 Å². The third-order valence-electron chi connectivity index (χ3n) is 16.5. The molecule has 17 heteroatoms. The number of alkyl carbamates (subject to hydrolysis) is 1. The maximum absolute atomic E-state index is 16.2. The Kier molecular flexibility index (Phi) is 17.1. The lowest BCUT2D eigenvalue weighted by Crippen LogP contribution is -2.81. The molecular weight excluding hydrogens is 1030 g/mol. The van der Waals surface area contributed by atoms with Gasteiger partial charge in [-0.25, -0.2) is 19.2 Å². The highest BCUT2D eigenvalue weighted by Crippen LogP contribution is 2.65. The summed E-state index contributed by atoms with van der Waals surface area (Å²) in [7, 11) is 0. The minimum Gasteiger partial charge on any atom is -0.456 e. The average molecular weight is 1090 g/mol. The van der Waals surface area contributed by atoms with Gasteiger partial charge in [0.2, 0.25) is 0 Å². The Hall–Kier alpha value is -7.70. The molecule has 420 valence electrons. The van der Waals surface area contributed by atoms with E-state index in [1.165, 1.54) is 19.1 Å². The summed E-state index contributed by atoms with van der Waals surface area (Å²) in [4.78, 5) is 87.5. The van der Waals surface area contributed by atoms with Gasteiger partial charge in [-0.15, -0.1) is 0 Å². The Morgan fingerprint density at radius 1 is 0.725 bits per heavy atom. The maximum Gasteiger partial charge on any atom is 0.508 e. The molecule has 1 heterocycles. The van der Waals surface area contributed by atoms with E-state index in [4.69, 9.17) is 42.6 Å². The number of hydrogen-bond acceptors (Lipinski definition) is 16. The Morgan fingerprint density at radius 3 is 1.84 bits per heavy atom. The lowest BCUT2D eigenvalue weighted by atomic mass is 9.43. The van der Waals surface area contributed by atoms with Crippen LogP contribution in [-0.4, -0.2) is 96.2 Å². The number of aliphatic hydroxyl groups is 1. The number of carbonyl (C=O) groups excluding carboxylic acids is 6. The van der Waals surface area contributed by atoms with Crippen LogP contribution < -0.4 is 5.32 Å². The van der Waals surface area contributed by atoms with E-state index in [1.807, 2.05) is 54.6 Å². The average Bonchev–Trinajstić information content (AvgIpc) is 3.51. The van der Waals surface area contributed by atoms with Crippen LogP contribution in [0.5, 0.6) is 0 Å². The number of ether oxygens (including phenoxy) is 9. The molecule has 5 aromatic carbocycles. The summed E-state index contributed by atoms with van der Waals surface area (Å²) in [5.74, 6) is -5.79. The number of carbonyl (C=O) groups is 6.